The number of primary amides is 1. The number of hydrogen-bond donors (Lipinski definition) is 1. The van der Waals surface area contributed by atoms with Crippen molar-refractivity contribution in [3.8, 4) is 11.3 Å². The van der Waals surface area contributed by atoms with Crippen molar-refractivity contribution in [3.05, 3.63) is 86.7 Å². The molecule has 1 heterocycles. The number of rotatable bonds is 6. The van der Waals surface area contributed by atoms with Gasteiger partial charge >= 0.3 is 0 Å². The highest BCUT2D eigenvalue weighted by Gasteiger charge is 2.24. The molecule has 0 radical (unpaired) electrons. The lowest BCUT2D eigenvalue weighted by Gasteiger charge is -2.20. The molecule has 6 nitrogen and oxygen atoms in total. The molecule has 0 aliphatic carbocycles. The molecule has 170 valence electrons. The third kappa shape index (κ3) is 4.74. The van der Waals surface area contributed by atoms with Gasteiger partial charge in [0.05, 0.1) is 17.5 Å². The maximum atomic E-state index is 13.4. The maximum absolute atomic E-state index is 13.4. The highest BCUT2D eigenvalue weighted by molar-refractivity contribution is 14.1. The van der Waals surface area contributed by atoms with Gasteiger partial charge in [-0.15, -0.1) is 0 Å². The topological polar surface area (TPSA) is 93.6 Å². The van der Waals surface area contributed by atoms with Gasteiger partial charge in [-0.3, -0.25) is 9.10 Å². The largest absolute Gasteiger partial charge is 0.455 e. The number of halogens is 2. The minimum atomic E-state index is -3.57. The number of carbonyl (C=O) groups excluding carboxylic acids is 1. The number of fused-ring (bicyclic) bond motifs is 1. The second-order valence-corrected chi connectivity index (χ2v) is 11.0. The van der Waals surface area contributed by atoms with E-state index >= 15 is 0 Å². The van der Waals surface area contributed by atoms with Gasteiger partial charge in [0.15, 0.2) is 0 Å². The second-order valence-electron chi connectivity index (χ2n) is 7.69. The summed E-state index contributed by atoms with van der Waals surface area (Å²) < 4.78 is 46.3. The lowest BCUT2D eigenvalue weighted by Crippen LogP contribution is -2.26. The fourth-order valence-corrected chi connectivity index (χ4v) is 4.84. The molecule has 0 bridgehead atoms. The van der Waals surface area contributed by atoms with Crippen molar-refractivity contribution in [2.24, 2.45) is 5.73 Å². The van der Waals surface area contributed by atoms with Crippen LogP contribution in [0.15, 0.2) is 65.1 Å². The zero-order valence-corrected chi connectivity index (χ0v) is 20.8. The summed E-state index contributed by atoms with van der Waals surface area (Å²) in [6.45, 7) is 0. The quantitative estimate of drug-likeness (QED) is 0.329. The lowest BCUT2D eigenvalue weighted by molar-refractivity contribution is 0.100. The molecule has 4 rings (SSSR count). The first-order valence-electron chi connectivity index (χ1n) is 9.88. The summed E-state index contributed by atoms with van der Waals surface area (Å²) in [6, 6.07) is 16.7. The van der Waals surface area contributed by atoms with Crippen LogP contribution in [0.25, 0.3) is 22.3 Å². The summed E-state index contributed by atoms with van der Waals surface area (Å²) in [5.41, 5.74) is 8.75. The van der Waals surface area contributed by atoms with Crippen LogP contribution in [0.4, 0.5) is 10.1 Å². The number of nitrogens with zero attached hydrogens (tertiary/aromatic N) is 1. The molecular formula is C24H20FIN2O4S. The molecule has 3 aromatic carbocycles. The maximum Gasteiger partial charge on any atom is 0.253 e. The molecule has 0 aliphatic rings. The average molecular weight is 578 g/mol. The van der Waals surface area contributed by atoms with Gasteiger partial charge in [-0.25, -0.2) is 12.8 Å². The Balaban J connectivity index is 1.98. The molecular weight excluding hydrogens is 558 g/mol. The van der Waals surface area contributed by atoms with Gasteiger partial charge in [0, 0.05) is 27.6 Å². The summed E-state index contributed by atoms with van der Waals surface area (Å²) >= 11 is 2.21. The van der Waals surface area contributed by atoms with Crippen LogP contribution in [0.2, 0.25) is 0 Å². The highest BCUT2D eigenvalue weighted by atomic mass is 127. The van der Waals surface area contributed by atoms with E-state index in [0.717, 1.165) is 15.4 Å². The number of carbonyl (C=O) groups is 1. The van der Waals surface area contributed by atoms with E-state index in [2.05, 4.69) is 22.6 Å². The summed E-state index contributed by atoms with van der Waals surface area (Å²) in [7, 11) is -2.10. The third-order valence-corrected chi connectivity index (χ3v) is 7.23. The number of benzene rings is 3. The smallest absolute Gasteiger partial charge is 0.253 e. The van der Waals surface area contributed by atoms with Gasteiger partial charge in [-0.2, -0.15) is 0 Å². The Hall–Kier alpha value is -2.92. The first-order valence-corrected chi connectivity index (χ1v) is 12.8. The number of sulfonamides is 1. The molecule has 0 aliphatic heterocycles. The number of anilines is 1. The van der Waals surface area contributed by atoms with E-state index in [9.17, 15) is 17.6 Å². The van der Waals surface area contributed by atoms with Crippen molar-refractivity contribution >= 4 is 55.2 Å². The second kappa shape index (κ2) is 8.79. The van der Waals surface area contributed by atoms with Crippen molar-refractivity contribution in [1.29, 1.82) is 0 Å². The van der Waals surface area contributed by atoms with E-state index in [1.807, 2.05) is 24.3 Å². The summed E-state index contributed by atoms with van der Waals surface area (Å²) in [6.07, 6.45) is 1.55. The lowest BCUT2D eigenvalue weighted by atomic mass is 9.98. The van der Waals surface area contributed by atoms with Crippen LogP contribution < -0.4 is 10.0 Å². The Bertz CT molecular complexity index is 1480. The van der Waals surface area contributed by atoms with Crippen LogP contribution >= 0.6 is 22.6 Å². The van der Waals surface area contributed by atoms with Gasteiger partial charge in [0.1, 0.15) is 17.2 Å². The van der Waals surface area contributed by atoms with E-state index in [1.54, 1.807) is 12.1 Å². The fourth-order valence-electron chi connectivity index (χ4n) is 3.71. The third-order valence-electron chi connectivity index (χ3n) is 5.36. The van der Waals surface area contributed by atoms with Crippen LogP contribution in [-0.4, -0.2) is 27.6 Å². The fraction of sp³-hybridized carbons (Fsp3) is 0.125. The predicted molar refractivity (Wildman–Crippen MR) is 135 cm³/mol. The van der Waals surface area contributed by atoms with Gasteiger partial charge < -0.3 is 10.2 Å². The van der Waals surface area contributed by atoms with Crippen molar-refractivity contribution < 1.29 is 22.0 Å². The number of amides is 1. The SMILES string of the molecule is CN(c1cc2oc(-c3ccc(F)cc3)c(C(N)=O)c2cc1Cc1cccc(I)c1)S(C)(=O)=O. The predicted octanol–water partition coefficient (Wildman–Crippen LogP) is 4.93. The summed E-state index contributed by atoms with van der Waals surface area (Å²) in [5, 5.41) is 0.466. The van der Waals surface area contributed by atoms with Crippen LogP contribution in [0, 0.1) is 9.39 Å². The minimum Gasteiger partial charge on any atom is -0.455 e. The van der Waals surface area contributed by atoms with Crippen molar-refractivity contribution in [1.82, 2.24) is 0 Å². The first-order chi connectivity index (χ1) is 15.5. The highest BCUT2D eigenvalue weighted by Crippen LogP contribution is 2.38. The molecule has 9 heteroatoms. The van der Waals surface area contributed by atoms with E-state index in [4.69, 9.17) is 10.2 Å². The molecule has 33 heavy (non-hydrogen) atoms. The van der Waals surface area contributed by atoms with Crippen molar-refractivity contribution in [2.75, 3.05) is 17.6 Å². The number of furan rings is 1. The molecule has 0 saturated carbocycles. The summed E-state index contributed by atoms with van der Waals surface area (Å²) in [5.74, 6) is -0.915. The molecule has 0 saturated heterocycles. The molecule has 2 N–H and O–H groups in total. The molecule has 0 atom stereocenters. The van der Waals surface area contributed by atoms with Crippen LogP contribution in [0.1, 0.15) is 21.5 Å². The monoisotopic (exact) mass is 578 g/mol. The van der Waals surface area contributed by atoms with Crippen LogP contribution in [0.5, 0.6) is 0 Å². The van der Waals surface area contributed by atoms with Crippen molar-refractivity contribution in [2.45, 2.75) is 6.42 Å². The van der Waals surface area contributed by atoms with Gasteiger partial charge in [-0.1, -0.05) is 12.1 Å². The summed E-state index contributed by atoms with van der Waals surface area (Å²) in [4.78, 5) is 12.4. The Morgan fingerprint density at radius 1 is 1.12 bits per heavy atom. The van der Waals surface area contributed by atoms with Crippen LogP contribution in [-0.2, 0) is 16.4 Å². The number of hydrogen-bond acceptors (Lipinski definition) is 4. The molecule has 0 fully saturated rings. The van der Waals surface area contributed by atoms with E-state index in [-0.39, 0.29) is 11.3 Å². The van der Waals surface area contributed by atoms with Crippen molar-refractivity contribution in [3.63, 3.8) is 0 Å². The molecule has 0 unspecified atom stereocenters. The average Bonchev–Trinajstić information content (AvgIpc) is 3.11. The molecule has 1 aromatic heterocycles. The van der Waals surface area contributed by atoms with Gasteiger partial charge in [0.2, 0.25) is 10.0 Å². The Morgan fingerprint density at radius 2 is 1.82 bits per heavy atom. The molecule has 4 aromatic rings. The van der Waals surface area contributed by atoms with E-state index in [1.165, 1.54) is 35.6 Å². The molecule has 1 amide bonds. The Labute approximate surface area is 204 Å². The van der Waals surface area contributed by atoms with Gasteiger partial charge in [-0.05, 0) is 82.6 Å². The van der Waals surface area contributed by atoms with E-state index in [0.29, 0.717) is 34.2 Å². The Kier molecular flexibility index (Phi) is 6.19. The molecule has 0 spiro atoms. The zero-order valence-electron chi connectivity index (χ0n) is 17.8. The van der Waals surface area contributed by atoms with Crippen LogP contribution in [0.3, 0.4) is 0 Å². The zero-order chi connectivity index (χ0) is 23.9. The van der Waals surface area contributed by atoms with E-state index < -0.39 is 21.7 Å². The van der Waals surface area contributed by atoms with Gasteiger partial charge in [0.25, 0.3) is 5.91 Å². The standard InChI is InChI=1S/C24H20FIN2O4S/c1-28(33(2,30)31)20-13-21-19(12-16(20)10-14-4-3-5-18(26)11-14)22(24(27)29)23(32-21)15-6-8-17(25)9-7-15/h3-9,11-13H,10H2,1-2H3,(H2,27,29). The first kappa shape index (κ1) is 23.2. The number of nitrogens with two attached hydrogens (primary N) is 1. The Morgan fingerprint density at radius 3 is 2.42 bits per heavy atom. The normalized spacial score (nSPS) is 11.6. The minimum absolute atomic E-state index is 0.161.